The standard InChI is InChI=1S/2C10H9O2.Hg/c2*1-2-3-4-6-9-7-5-8-10(11)12-9;/h2*5,8H,2-3H2,1H3;. The van der Waals surface area contributed by atoms with Crippen molar-refractivity contribution in [3.8, 4) is 23.7 Å². The topological polar surface area (TPSA) is 60.4 Å². The van der Waals surface area contributed by atoms with Crippen molar-refractivity contribution in [2.24, 2.45) is 0 Å². The van der Waals surface area contributed by atoms with E-state index in [0.717, 1.165) is 31.8 Å². The maximum absolute atomic E-state index is 11.5. The Balaban J connectivity index is 2.41. The van der Waals surface area contributed by atoms with E-state index in [1.54, 1.807) is 12.1 Å². The van der Waals surface area contributed by atoms with E-state index in [1.807, 2.05) is 13.8 Å². The Labute approximate surface area is 159 Å². The van der Waals surface area contributed by atoms with E-state index in [1.165, 1.54) is 12.1 Å². The summed E-state index contributed by atoms with van der Waals surface area (Å²) in [5.74, 6) is 12.9. The van der Waals surface area contributed by atoms with Gasteiger partial charge in [0.05, 0.1) is 0 Å². The van der Waals surface area contributed by atoms with Crippen molar-refractivity contribution < 1.29 is 33.4 Å². The van der Waals surface area contributed by atoms with Crippen LogP contribution >= 0.6 is 0 Å². The molecule has 0 aromatic carbocycles. The van der Waals surface area contributed by atoms with E-state index in [0.29, 0.717) is 11.5 Å². The molecule has 0 spiro atoms. The maximum atomic E-state index is 11.5. The van der Waals surface area contributed by atoms with Gasteiger partial charge < -0.3 is 0 Å². The molecule has 0 atom stereocenters. The molecule has 0 radical (unpaired) electrons. The van der Waals surface area contributed by atoms with Crippen molar-refractivity contribution in [2.75, 3.05) is 0 Å². The fourth-order valence-corrected chi connectivity index (χ4v) is 8.04. The van der Waals surface area contributed by atoms with E-state index < -0.39 is 35.8 Å². The molecule has 0 fully saturated rings. The van der Waals surface area contributed by atoms with Gasteiger partial charge in [0.2, 0.25) is 0 Å². The van der Waals surface area contributed by atoms with Crippen LogP contribution in [-0.2, 0) is 24.6 Å². The average molecular weight is 523 g/mol. The second-order valence-electron chi connectivity index (χ2n) is 5.50. The zero-order valence-corrected chi connectivity index (χ0v) is 20.0. The SMILES string of the molecule is CCCC#Cc1oc(=O)cc[c]1[Hg][c]1ccc(=O)oc1C#CCCC. The third kappa shape index (κ3) is 6.07. The summed E-state index contributed by atoms with van der Waals surface area (Å²) in [6.07, 6.45) is 3.40. The summed E-state index contributed by atoms with van der Waals surface area (Å²) in [6.45, 7) is 4.09. The van der Waals surface area contributed by atoms with Gasteiger partial charge in [-0.1, -0.05) is 0 Å². The molecule has 2 heterocycles. The summed E-state index contributed by atoms with van der Waals surface area (Å²) in [6, 6.07) is 6.42. The third-order valence-corrected chi connectivity index (χ3v) is 10.7. The summed E-state index contributed by atoms with van der Waals surface area (Å²) in [5, 5.41) is 0. The number of unbranched alkanes of at least 4 members (excludes halogenated alkanes) is 2. The zero-order valence-electron chi connectivity index (χ0n) is 14.5. The van der Waals surface area contributed by atoms with Gasteiger partial charge in [-0.15, -0.1) is 0 Å². The van der Waals surface area contributed by atoms with Crippen LogP contribution in [0.5, 0.6) is 0 Å². The molecule has 5 heteroatoms. The van der Waals surface area contributed by atoms with Crippen LogP contribution < -0.4 is 17.4 Å². The van der Waals surface area contributed by atoms with E-state index in [4.69, 9.17) is 8.83 Å². The molecule has 25 heavy (non-hydrogen) atoms. The summed E-state index contributed by atoms with van der Waals surface area (Å²) < 4.78 is 12.5. The Morgan fingerprint density at radius 3 is 1.64 bits per heavy atom. The molecule has 0 aliphatic rings. The Bertz CT molecular complexity index is 882. The van der Waals surface area contributed by atoms with Gasteiger partial charge in [-0.2, -0.15) is 0 Å². The summed E-state index contributed by atoms with van der Waals surface area (Å²) in [5.41, 5.74) is -0.805. The second-order valence-corrected chi connectivity index (χ2v) is 12.8. The van der Waals surface area contributed by atoms with E-state index in [2.05, 4.69) is 23.7 Å². The minimum atomic E-state index is -1.95. The predicted molar refractivity (Wildman–Crippen MR) is 92.8 cm³/mol. The van der Waals surface area contributed by atoms with Crippen LogP contribution in [0, 0.1) is 23.7 Å². The number of hydrogen-bond donors (Lipinski definition) is 0. The molecule has 4 nitrogen and oxygen atoms in total. The van der Waals surface area contributed by atoms with Gasteiger partial charge in [0.25, 0.3) is 0 Å². The van der Waals surface area contributed by atoms with Crippen LogP contribution in [-0.4, -0.2) is 0 Å². The molecule has 2 aromatic heterocycles. The third-order valence-electron chi connectivity index (χ3n) is 3.36. The van der Waals surface area contributed by atoms with Gasteiger partial charge in [-0.25, -0.2) is 0 Å². The van der Waals surface area contributed by atoms with Crippen molar-refractivity contribution in [3.05, 3.63) is 56.6 Å². The van der Waals surface area contributed by atoms with Crippen molar-refractivity contribution in [3.63, 3.8) is 0 Å². The molecule has 2 aromatic rings. The molecule has 0 unspecified atom stereocenters. The Morgan fingerprint density at radius 2 is 1.24 bits per heavy atom. The van der Waals surface area contributed by atoms with Gasteiger partial charge in [0.1, 0.15) is 0 Å². The Kier molecular flexibility index (Phi) is 7.76. The van der Waals surface area contributed by atoms with E-state index in [-0.39, 0.29) is 0 Å². The van der Waals surface area contributed by atoms with Crippen molar-refractivity contribution in [2.45, 2.75) is 39.5 Å². The number of rotatable bonds is 4. The molecule has 2 rings (SSSR count). The molecule has 124 valence electrons. The van der Waals surface area contributed by atoms with Gasteiger partial charge in [-0.3, -0.25) is 0 Å². The first kappa shape index (κ1) is 19.3. The molecule has 0 saturated carbocycles. The van der Waals surface area contributed by atoms with Crippen molar-refractivity contribution >= 4 is 6.14 Å². The fraction of sp³-hybridized carbons (Fsp3) is 0.300. The summed E-state index contributed by atoms with van der Waals surface area (Å²) in [7, 11) is 0. The molecule has 0 saturated heterocycles. The van der Waals surface area contributed by atoms with Gasteiger partial charge in [0.15, 0.2) is 0 Å². The Morgan fingerprint density at radius 1 is 0.800 bits per heavy atom. The summed E-state index contributed by atoms with van der Waals surface area (Å²) in [4.78, 5) is 23.0. The molecular weight excluding hydrogens is 505 g/mol. The first-order valence-electron chi connectivity index (χ1n) is 8.37. The minimum absolute atomic E-state index is 0.402. The van der Waals surface area contributed by atoms with E-state index in [9.17, 15) is 9.59 Å². The quantitative estimate of drug-likeness (QED) is 0.455. The first-order valence-corrected chi connectivity index (χ1v) is 13.9. The summed E-state index contributed by atoms with van der Waals surface area (Å²) >= 11 is -1.95. The van der Waals surface area contributed by atoms with Crippen LogP contribution in [0.2, 0.25) is 0 Å². The van der Waals surface area contributed by atoms with E-state index >= 15 is 0 Å². The number of hydrogen-bond acceptors (Lipinski definition) is 4. The van der Waals surface area contributed by atoms with Crippen LogP contribution in [0.4, 0.5) is 0 Å². The Hall–Kier alpha value is -2.04. The molecular formula is C20H18HgO4. The van der Waals surface area contributed by atoms with Crippen LogP contribution in [0.25, 0.3) is 0 Å². The van der Waals surface area contributed by atoms with Gasteiger partial charge >= 0.3 is 159 Å². The normalized spacial score (nSPS) is 9.36. The average Bonchev–Trinajstić information content (AvgIpc) is 2.59. The molecule has 0 aliphatic carbocycles. The van der Waals surface area contributed by atoms with Gasteiger partial charge in [-0.05, 0) is 0 Å². The monoisotopic (exact) mass is 524 g/mol. The van der Waals surface area contributed by atoms with Gasteiger partial charge in [0, 0.05) is 0 Å². The van der Waals surface area contributed by atoms with Crippen molar-refractivity contribution in [1.82, 2.24) is 0 Å². The fourth-order valence-electron chi connectivity index (χ4n) is 2.12. The zero-order chi connectivity index (χ0) is 18.1. The van der Waals surface area contributed by atoms with Crippen LogP contribution in [0.3, 0.4) is 0 Å². The molecule has 0 N–H and O–H groups in total. The molecule has 0 aliphatic heterocycles. The predicted octanol–water partition coefficient (Wildman–Crippen LogP) is 1.93. The van der Waals surface area contributed by atoms with Crippen LogP contribution in [0.1, 0.15) is 51.1 Å². The molecule has 0 amide bonds. The van der Waals surface area contributed by atoms with Crippen molar-refractivity contribution in [1.29, 1.82) is 0 Å². The second kappa shape index (κ2) is 10.1. The first-order chi connectivity index (χ1) is 12.1. The van der Waals surface area contributed by atoms with Crippen LogP contribution in [0.15, 0.2) is 42.7 Å². The molecule has 0 bridgehead atoms.